The molecule has 1 saturated heterocycles. The van der Waals surface area contributed by atoms with Crippen LogP contribution in [0.5, 0.6) is 0 Å². The molecule has 1 fully saturated rings. The van der Waals surface area contributed by atoms with Crippen LogP contribution in [-0.2, 0) is 30.3 Å². The van der Waals surface area contributed by atoms with Gasteiger partial charge in [0, 0.05) is 26.2 Å². The number of likely N-dealkylation sites (N-methyl/N-ethyl adjacent to an activating group) is 1. The van der Waals surface area contributed by atoms with Crippen LogP contribution >= 0.6 is 0 Å². The van der Waals surface area contributed by atoms with Gasteiger partial charge in [0.25, 0.3) is 5.91 Å². The molecule has 196 valence electrons. The number of carbonyl (C=O) groups excluding carboxylic acids is 3. The highest BCUT2D eigenvalue weighted by Crippen LogP contribution is 2.13. The normalized spacial score (nSPS) is 16.9. The third-order valence-corrected chi connectivity index (χ3v) is 5.73. The third kappa shape index (κ3) is 9.95. The fraction of sp³-hybridized carbons (Fsp3) is 0.654. The first-order valence-electron chi connectivity index (χ1n) is 12.4. The zero-order chi connectivity index (χ0) is 26.0. The minimum Gasteiger partial charge on any atom is -0.465 e. The van der Waals surface area contributed by atoms with Crippen molar-refractivity contribution in [1.29, 1.82) is 0 Å². The maximum atomic E-state index is 13.6. The lowest BCUT2D eigenvalue weighted by Crippen LogP contribution is -2.60. The van der Waals surface area contributed by atoms with Gasteiger partial charge in [0.2, 0.25) is 0 Å². The number of piperazine rings is 1. The maximum absolute atomic E-state index is 13.6. The number of aryl methyl sites for hydroxylation is 1. The van der Waals surface area contributed by atoms with Crippen molar-refractivity contribution in [3.8, 4) is 0 Å². The van der Waals surface area contributed by atoms with Gasteiger partial charge in [-0.25, -0.2) is 5.01 Å². The van der Waals surface area contributed by atoms with E-state index in [0.717, 1.165) is 18.7 Å². The standard InChI is InChI=1S/C26H42N4O5/c1-7-34-25(33)22(14-13-21-11-9-8-10-12-21)27-20(2)24(32)30(19-23(31)35-26(3,4)5)29-17-15-28(6)16-18-29/h8-12,20,22,27H,7,13-19H2,1-6H3/t20-,22-/m0/s1. The minimum absolute atomic E-state index is 0.181. The third-order valence-electron chi connectivity index (χ3n) is 5.73. The molecule has 1 aliphatic rings. The molecular weight excluding hydrogens is 448 g/mol. The number of hydrazine groups is 1. The van der Waals surface area contributed by atoms with Crippen molar-refractivity contribution in [2.45, 2.75) is 65.1 Å². The van der Waals surface area contributed by atoms with E-state index in [-0.39, 0.29) is 25.0 Å². The summed E-state index contributed by atoms with van der Waals surface area (Å²) in [4.78, 5) is 41.0. The number of rotatable bonds is 11. The Kier molecular flexibility index (Phi) is 11.1. The number of esters is 2. The molecule has 0 bridgehead atoms. The molecule has 2 atom stereocenters. The van der Waals surface area contributed by atoms with E-state index in [1.165, 1.54) is 5.01 Å². The van der Waals surface area contributed by atoms with Crippen molar-refractivity contribution < 1.29 is 23.9 Å². The molecule has 0 aromatic heterocycles. The quantitative estimate of drug-likeness (QED) is 0.470. The van der Waals surface area contributed by atoms with Crippen LogP contribution in [0.3, 0.4) is 0 Å². The summed E-state index contributed by atoms with van der Waals surface area (Å²) in [6.45, 7) is 11.8. The molecule has 1 amide bonds. The second kappa shape index (κ2) is 13.6. The summed E-state index contributed by atoms with van der Waals surface area (Å²) in [7, 11) is 2.03. The molecule has 0 aliphatic carbocycles. The van der Waals surface area contributed by atoms with Crippen LogP contribution < -0.4 is 5.32 Å². The van der Waals surface area contributed by atoms with Gasteiger partial charge in [0.05, 0.1) is 12.6 Å². The molecule has 0 radical (unpaired) electrons. The van der Waals surface area contributed by atoms with E-state index in [2.05, 4.69) is 10.2 Å². The largest absolute Gasteiger partial charge is 0.465 e. The molecule has 0 saturated carbocycles. The SMILES string of the molecule is CCOC(=O)[C@H](CCc1ccccc1)N[C@@H](C)C(=O)N(CC(=O)OC(C)(C)C)N1CCN(C)CC1. The summed E-state index contributed by atoms with van der Waals surface area (Å²) >= 11 is 0. The highest BCUT2D eigenvalue weighted by molar-refractivity contribution is 5.86. The van der Waals surface area contributed by atoms with E-state index in [9.17, 15) is 14.4 Å². The first kappa shape index (κ1) is 28.7. The van der Waals surface area contributed by atoms with Crippen LogP contribution in [0.2, 0.25) is 0 Å². The average molecular weight is 491 g/mol. The number of ether oxygens (including phenoxy) is 2. The molecule has 9 heteroatoms. The fourth-order valence-electron chi connectivity index (χ4n) is 3.92. The summed E-state index contributed by atoms with van der Waals surface area (Å²) in [6.07, 6.45) is 1.15. The molecule has 1 N–H and O–H groups in total. The van der Waals surface area contributed by atoms with Crippen LogP contribution in [0.15, 0.2) is 30.3 Å². The first-order valence-corrected chi connectivity index (χ1v) is 12.4. The lowest BCUT2D eigenvalue weighted by atomic mass is 10.0. The van der Waals surface area contributed by atoms with Crippen molar-refractivity contribution >= 4 is 17.8 Å². The summed E-state index contributed by atoms with van der Waals surface area (Å²) in [5, 5.41) is 6.53. The van der Waals surface area contributed by atoms with Crippen LogP contribution in [0.1, 0.15) is 46.6 Å². The van der Waals surface area contributed by atoms with Crippen LogP contribution in [0, 0.1) is 0 Å². The van der Waals surface area contributed by atoms with Crippen molar-refractivity contribution in [3.05, 3.63) is 35.9 Å². The topological polar surface area (TPSA) is 91.4 Å². The Morgan fingerprint density at radius 2 is 1.71 bits per heavy atom. The van der Waals surface area contributed by atoms with Crippen molar-refractivity contribution in [2.75, 3.05) is 46.4 Å². The van der Waals surface area contributed by atoms with E-state index in [0.29, 0.717) is 25.9 Å². The molecule has 2 rings (SSSR count). The molecule has 1 heterocycles. The van der Waals surface area contributed by atoms with Gasteiger partial charge in [-0.05, 0) is 60.1 Å². The second-order valence-corrected chi connectivity index (χ2v) is 9.96. The highest BCUT2D eigenvalue weighted by Gasteiger charge is 2.33. The number of hydrogen-bond donors (Lipinski definition) is 1. The van der Waals surface area contributed by atoms with Crippen LogP contribution in [-0.4, -0.2) is 96.8 Å². The molecule has 35 heavy (non-hydrogen) atoms. The van der Waals surface area contributed by atoms with E-state index in [1.54, 1.807) is 34.6 Å². The zero-order valence-electron chi connectivity index (χ0n) is 22.1. The molecule has 9 nitrogen and oxygen atoms in total. The van der Waals surface area contributed by atoms with Gasteiger partial charge >= 0.3 is 11.9 Å². The molecular formula is C26H42N4O5. The van der Waals surface area contributed by atoms with E-state index in [1.807, 2.05) is 42.4 Å². The highest BCUT2D eigenvalue weighted by atomic mass is 16.6. The van der Waals surface area contributed by atoms with Crippen LogP contribution in [0.25, 0.3) is 0 Å². The summed E-state index contributed by atoms with van der Waals surface area (Å²) in [5.41, 5.74) is 0.455. The maximum Gasteiger partial charge on any atom is 0.327 e. The Hall–Kier alpha value is -2.49. The van der Waals surface area contributed by atoms with E-state index in [4.69, 9.17) is 9.47 Å². The molecule has 1 aliphatic heterocycles. The summed E-state index contributed by atoms with van der Waals surface area (Å²) < 4.78 is 10.7. The Morgan fingerprint density at radius 1 is 1.09 bits per heavy atom. The van der Waals surface area contributed by atoms with Gasteiger partial charge in [-0.15, -0.1) is 0 Å². The van der Waals surface area contributed by atoms with E-state index < -0.39 is 23.7 Å². The molecule has 1 aromatic rings. The Labute approximate surface area is 209 Å². The summed E-state index contributed by atoms with van der Waals surface area (Å²) in [6, 6.07) is 8.52. The van der Waals surface area contributed by atoms with Crippen molar-refractivity contribution in [3.63, 3.8) is 0 Å². The number of benzene rings is 1. The first-order chi connectivity index (χ1) is 16.5. The number of carbonyl (C=O) groups is 3. The fourth-order valence-corrected chi connectivity index (χ4v) is 3.92. The zero-order valence-corrected chi connectivity index (χ0v) is 22.1. The van der Waals surface area contributed by atoms with Gasteiger partial charge in [-0.3, -0.25) is 24.7 Å². The predicted octanol–water partition coefficient (Wildman–Crippen LogP) is 1.86. The smallest absolute Gasteiger partial charge is 0.327 e. The predicted molar refractivity (Wildman–Crippen MR) is 134 cm³/mol. The molecule has 0 unspecified atom stereocenters. The summed E-state index contributed by atoms with van der Waals surface area (Å²) in [5.74, 6) is -1.14. The van der Waals surface area contributed by atoms with Crippen molar-refractivity contribution in [2.24, 2.45) is 0 Å². The van der Waals surface area contributed by atoms with Crippen molar-refractivity contribution in [1.82, 2.24) is 20.2 Å². The van der Waals surface area contributed by atoms with Gasteiger partial charge < -0.3 is 14.4 Å². The number of nitrogens with zero attached hydrogens (tertiary/aromatic N) is 3. The van der Waals surface area contributed by atoms with Gasteiger partial charge in [-0.1, -0.05) is 30.3 Å². The lowest BCUT2D eigenvalue weighted by molar-refractivity contribution is -0.172. The van der Waals surface area contributed by atoms with Crippen LogP contribution in [0.4, 0.5) is 0 Å². The van der Waals surface area contributed by atoms with Gasteiger partial charge in [0.15, 0.2) is 0 Å². The lowest BCUT2D eigenvalue weighted by Gasteiger charge is -2.41. The Morgan fingerprint density at radius 3 is 2.29 bits per heavy atom. The van der Waals surface area contributed by atoms with Gasteiger partial charge in [0.1, 0.15) is 18.2 Å². The van der Waals surface area contributed by atoms with E-state index >= 15 is 0 Å². The number of amides is 1. The second-order valence-electron chi connectivity index (χ2n) is 9.96. The average Bonchev–Trinajstić information content (AvgIpc) is 2.80. The van der Waals surface area contributed by atoms with Gasteiger partial charge in [-0.2, -0.15) is 0 Å². The molecule has 1 aromatic carbocycles. The minimum atomic E-state index is -0.706. The number of hydrogen-bond acceptors (Lipinski definition) is 8. The Bertz CT molecular complexity index is 819. The monoisotopic (exact) mass is 490 g/mol. The number of nitrogens with one attached hydrogen (secondary N) is 1. The Balaban J connectivity index is 2.13. The molecule has 0 spiro atoms.